The summed E-state index contributed by atoms with van der Waals surface area (Å²) in [6.07, 6.45) is 3.41. The van der Waals surface area contributed by atoms with Gasteiger partial charge < -0.3 is 10.0 Å². The van der Waals surface area contributed by atoms with Crippen LogP contribution < -0.4 is 4.90 Å². The third-order valence-corrected chi connectivity index (χ3v) is 3.76. The number of aldehydes is 1. The molecule has 1 heterocycles. The van der Waals surface area contributed by atoms with Crippen LogP contribution in [0.25, 0.3) is 0 Å². The maximum absolute atomic E-state index is 11.0. The summed E-state index contributed by atoms with van der Waals surface area (Å²) in [6, 6.07) is 4.65. The molecule has 0 aliphatic carbocycles. The van der Waals surface area contributed by atoms with Crippen molar-refractivity contribution >= 4 is 17.7 Å². The topological polar surface area (TPSA) is 83.7 Å². The average Bonchev–Trinajstić information content (AvgIpc) is 2.47. The Balaban J connectivity index is 2.20. The highest BCUT2D eigenvalue weighted by molar-refractivity contribution is 5.83. The molecular formula is C14H18N2O4. The van der Waals surface area contributed by atoms with Gasteiger partial charge in [0.1, 0.15) is 0 Å². The van der Waals surface area contributed by atoms with Crippen molar-refractivity contribution in [3.8, 4) is 0 Å². The zero-order valence-corrected chi connectivity index (χ0v) is 11.2. The number of piperidine rings is 1. The van der Waals surface area contributed by atoms with Crippen molar-refractivity contribution in [2.24, 2.45) is 5.92 Å². The summed E-state index contributed by atoms with van der Waals surface area (Å²) in [5, 5.41) is 19.8. The molecule has 0 aromatic heterocycles. The third-order valence-electron chi connectivity index (χ3n) is 3.76. The SMILES string of the molecule is O=Cc1cc(N2CCCC(CCO)C2)ccc1[N+](=O)[O-]. The van der Waals surface area contributed by atoms with Crippen molar-refractivity contribution in [1.29, 1.82) is 0 Å². The van der Waals surface area contributed by atoms with Crippen LogP contribution in [0.3, 0.4) is 0 Å². The van der Waals surface area contributed by atoms with Crippen LogP contribution >= 0.6 is 0 Å². The van der Waals surface area contributed by atoms with E-state index < -0.39 is 4.92 Å². The molecule has 6 heteroatoms. The molecule has 1 aliphatic heterocycles. The first-order valence-electron chi connectivity index (χ1n) is 6.75. The summed E-state index contributed by atoms with van der Waals surface area (Å²) in [5.41, 5.74) is 0.782. The van der Waals surface area contributed by atoms with Gasteiger partial charge in [-0.3, -0.25) is 14.9 Å². The number of hydrogen-bond donors (Lipinski definition) is 1. The Bertz CT molecular complexity index is 502. The van der Waals surface area contributed by atoms with E-state index in [4.69, 9.17) is 5.11 Å². The zero-order chi connectivity index (χ0) is 14.5. The second-order valence-electron chi connectivity index (χ2n) is 5.08. The Morgan fingerprint density at radius 1 is 1.50 bits per heavy atom. The van der Waals surface area contributed by atoms with E-state index in [1.54, 1.807) is 12.1 Å². The molecule has 0 amide bonds. The summed E-state index contributed by atoms with van der Waals surface area (Å²) in [6.45, 7) is 1.87. The first-order valence-corrected chi connectivity index (χ1v) is 6.75. The molecule has 1 saturated heterocycles. The molecule has 0 bridgehead atoms. The van der Waals surface area contributed by atoms with Crippen molar-refractivity contribution < 1.29 is 14.8 Å². The van der Waals surface area contributed by atoms with Crippen molar-refractivity contribution in [1.82, 2.24) is 0 Å². The quantitative estimate of drug-likeness (QED) is 0.506. The number of aliphatic hydroxyl groups is 1. The Kier molecular flexibility index (Phi) is 4.68. The Morgan fingerprint density at radius 2 is 2.30 bits per heavy atom. The standard InChI is InChI=1S/C14H18N2O4/c17-7-5-11-2-1-6-15(9-11)13-3-4-14(16(19)20)12(8-13)10-18/h3-4,8,10-11,17H,1-2,5-7,9H2. The van der Waals surface area contributed by atoms with E-state index in [-0.39, 0.29) is 17.9 Å². The number of benzene rings is 1. The van der Waals surface area contributed by atoms with E-state index in [2.05, 4.69) is 4.90 Å². The van der Waals surface area contributed by atoms with Gasteiger partial charge in [0.25, 0.3) is 5.69 Å². The van der Waals surface area contributed by atoms with E-state index in [9.17, 15) is 14.9 Å². The number of carbonyl (C=O) groups is 1. The van der Waals surface area contributed by atoms with E-state index in [0.717, 1.165) is 38.0 Å². The first-order chi connectivity index (χ1) is 9.65. The molecule has 1 aromatic carbocycles. The second kappa shape index (κ2) is 6.47. The summed E-state index contributed by atoms with van der Waals surface area (Å²) in [5.74, 6) is 0.434. The largest absolute Gasteiger partial charge is 0.396 e. The van der Waals surface area contributed by atoms with Gasteiger partial charge in [-0.2, -0.15) is 0 Å². The van der Waals surface area contributed by atoms with Gasteiger partial charge in [-0.15, -0.1) is 0 Å². The van der Waals surface area contributed by atoms with Crippen LogP contribution in [0.1, 0.15) is 29.6 Å². The fourth-order valence-corrected chi connectivity index (χ4v) is 2.72. The Labute approximate surface area is 117 Å². The normalized spacial score (nSPS) is 18.9. The number of nitrogens with zero attached hydrogens (tertiary/aromatic N) is 2. The minimum absolute atomic E-state index is 0.108. The molecule has 1 aliphatic rings. The number of anilines is 1. The zero-order valence-electron chi connectivity index (χ0n) is 11.2. The van der Waals surface area contributed by atoms with Gasteiger partial charge in [-0.05, 0) is 37.3 Å². The van der Waals surface area contributed by atoms with Crippen molar-refractivity contribution in [2.75, 3.05) is 24.6 Å². The van der Waals surface area contributed by atoms with Gasteiger partial charge in [-0.25, -0.2) is 0 Å². The van der Waals surface area contributed by atoms with Gasteiger partial charge in [0.05, 0.1) is 10.5 Å². The van der Waals surface area contributed by atoms with Gasteiger partial charge in [-0.1, -0.05) is 0 Å². The molecule has 0 radical (unpaired) electrons. The molecule has 108 valence electrons. The van der Waals surface area contributed by atoms with Crippen molar-refractivity contribution in [3.63, 3.8) is 0 Å². The molecule has 0 spiro atoms. The van der Waals surface area contributed by atoms with Gasteiger partial charge in [0.2, 0.25) is 0 Å². The molecule has 2 rings (SSSR count). The van der Waals surface area contributed by atoms with E-state index in [0.29, 0.717) is 12.2 Å². The van der Waals surface area contributed by atoms with Crippen LogP contribution in [0, 0.1) is 16.0 Å². The molecule has 1 aromatic rings. The number of hydrogen-bond acceptors (Lipinski definition) is 5. The highest BCUT2D eigenvalue weighted by Gasteiger charge is 2.21. The summed E-state index contributed by atoms with van der Waals surface area (Å²) in [7, 11) is 0. The fraction of sp³-hybridized carbons (Fsp3) is 0.500. The number of aliphatic hydroxyl groups excluding tert-OH is 1. The molecule has 1 fully saturated rings. The van der Waals surface area contributed by atoms with Crippen molar-refractivity contribution in [2.45, 2.75) is 19.3 Å². The van der Waals surface area contributed by atoms with Crippen LogP contribution in [-0.2, 0) is 0 Å². The maximum atomic E-state index is 11.0. The molecule has 1 unspecified atom stereocenters. The number of rotatable bonds is 5. The van der Waals surface area contributed by atoms with Gasteiger partial charge >= 0.3 is 0 Å². The fourth-order valence-electron chi connectivity index (χ4n) is 2.72. The molecule has 1 N–H and O–H groups in total. The highest BCUT2D eigenvalue weighted by Crippen LogP contribution is 2.28. The lowest BCUT2D eigenvalue weighted by Crippen LogP contribution is -2.35. The predicted molar refractivity (Wildman–Crippen MR) is 75.1 cm³/mol. The van der Waals surface area contributed by atoms with Crippen LogP contribution in [0.15, 0.2) is 18.2 Å². The summed E-state index contributed by atoms with van der Waals surface area (Å²) in [4.78, 5) is 23.4. The molecule has 1 atom stereocenters. The van der Waals surface area contributed by atoms with Crippen LogP contribution in [0.5, 0.6) is 0 Å². The van der Waals surface area contributed by atoms with E-state index in [1.165, 1.54) is 6.07 Å². The molecule has 0 saturated carbocycles. The second-order valence-corrected chi connectivity index (χ2v) is 5.08. The minimum Gasteiger partial charge on any atom is -0.396 e. The molecule has 6 nitrogen and oxygen atoms in total. The number of nitro groups is 1. The monoisotopic (exact) mass is 278 g/mol. The molecule has 20 heavy (non-hydrogen) atoms. The maximum Gasteiger partial charge on any atom is 0.280 e. The van der Waals surface area contributed by atoms with Gasteiger partial charge in [0.15, 0.2) is 6.29 Å². The first kappa shape index (κ1) is 14.5. The highest BCUT2D eigenvalue weighted by atomic mass is 16.6. The number of nitro benzene ring substituents is 1. The van der Waals surface area contributed by atoms with E-state index >= 15 is 0 Å². The summed E-state index contributed by atoms with van der Waals surface area (Å²) < 4.78 is 0. The van der Waals surface area contributed by atoms with Crippen LogP contribution in [0.2, 0.25) is 0 Å². The van der Waals surface area contributed by atoms with Crippen molar-refractivity contribution in [3.05, 3.63) is 33.9 Å². The predicted octanol–water partition coefficient (Wildman–Crippen LogP) is 2.01. The lowest BCUT2D eigenvalue weighted by molar-refractivity contribution is -0.385. The van der Waals surface area contributed by atoms with Crippen LogP contribution in [-0.4, -0.2) is 36.0 Å². The Hall–Kier alpha value is -1.95. The lowest BCUT2D eigenvalue weighted by Gasteiger charge is -2.34. The molecular weight excluding hydrogens is 260 g/mol. The van der Waals surface area contributed by atoms with Gasteiger partial charge in [0, 0.05) is 31.5 Å². The third kappa shape index (κ3) is 3.14. The lowest BCUT2D eigenvalue weighted by atomic mass is 9.94. The minimum atomic E-state index is -0.543. The number of carbonyl (C=O) groups excluding carboxylic acids is 1. The smallest absolute Gasteiger partial charge is 0.280 e. The van der Waals surface area contributed by atoms with E-state index in [1.807, 2.05) is 0 Å². The Morgan fingerprint density at radius 3 is 2.95 bits per heavy atom. The average molecular weight is 278 g/mol. The summed E-state index contributed by atoms with van der Waals surface area (Å²) >= 11 is 0. The van der Waals surface area contributed by atoms with Crippen LogP contribution in [0.4, 0.5) is 11.4 Å².